The van der Waals surface area contributed by atoms with Crippen LogP contribution in [0.1, 0.15) is 26.2 Å². The number of halogens is 6. The molecule has 0 saturated heterocycles. The van der Waals surface area contributed by atoms with Crippen LogP contribution in [0.4, 0.5) is 26.3 Å². The fraction of sp³-hybridized carbons (Fsp3) is 1.00. The van der Waals surface area contributed by atoms with Crippen LogP contribution in [0.5, 0.6) is 0 Å². The fourth-order valence-corrected chi connectivity index (χ4v) is 0.937. The molecule has 6 heteroatoms. The molecular weight excluding hydrogens is 198 g/mol. The minimum atomic E-state index is -4.51. The van der Waals surface area contributed by atoms with Crippen molar-refractivity contribution in [1.29, 1.82) is 0 Å². The van der Waals surface area contributed by atoms with Crippen molar-refractivity contribution in [1.82, 2.24) is 0 Å². The molecule has 0 amide bonds. The Hall–Kier alpha value is -0.420. The zero-order valence-electron chi connectivity index (χ0n) is 6.97. The summed E-state index contributed by atoms with van der Waals surface area (Å²) in [4.78, 5) is 0. The van der Waals surface area contributed by atoms with Crippen LogP contribution >= 0.6 is 0 Å². The number of hydrogen-bond donors (Lipinski definition) is 0. The van der Waals surface area contributed by atoms with Gasteiger partial charge in [-0.15, -0.1) is 0 Å². The van der Waals surface area contributed by atoms with Gasteiger partial charge in [-0.25, -0.2) is 0 Å². The molecule has 0 bridgehead atoms. The van der Waals surface area contributed by atoms with Gasteiger partial charge in [-0.1, -0.05) is 6.92 Å². The van der Waals surface area contributed by atoms with Gasteiger partial charge < -0.3 is 0 Å². The smallest absolute Gasteiger partial charge is 0.171 e. The van der Waals surface area contributed by atoms with E-state index in [0.29, 0.717) is 0 Å². The van der Waals surface area contributed by atoms with Gasteiger partial charge in [-0.3, -0.25) is 0 Å². The third-order valence-corrected chi connectivity index (χ3v) is 1.73. The Bertz CT molecular complexity index is 144. The maximum Gasteiger partial charge on any atom is 0.391 e. The molecule has 0 aromatic heterocycles. The SMILES string of the molecule is CCC(CCC(F)(F)F)C(F)(F)F. The summed E-state index contributed by atoms with van der Waals surface area (Å²) in [5.74, 6) is -1.84. The Kier molecular flexibility index (Phi) is 4.06. The van der Waals surface area contributed by atoms with Gasteiger partial charge in [0.15, 0.2) is 0 Å². The van der Waals surface area contributed by atoms with Crippen molar-refractivity contribution >= 4 is 0 Å². The monoisotopic (exact) mass is 208 g/mol. The van der Waals surface area contributed by atoms with Crippen molar-refractivity contribution < 1.29 is 26.3 Å². The van der Waals surface area contributed by atoms with Crippen LogP contribution in [0.15, 0.2) is 0 Å². The van der Waals surface area contributed by atoms with E-state index in [-0.39, 0.29) is 6.42 Å². The standard InChI is InChI=1S/C7H10F6/c1-2-5(7(11,12)13)3-4-6(8,9)10/h5H,2-4H2,1H3. The van der Waals surface area contributed by atoms with Gasteiger partial charge in [0.2, 0.25) is 0 Å². The molecule has 0 aliphatic heterocycles. The largest absolute Gasteiger partial charge is 0.391 e. The molecule has 0 saturated carbocycles. The van der Waals surface area contributed by atoms with Crippen LogP contribution in [0.3, 0.4) is 0 Å². The van der Waals surface area contributed by atoms with E-state index in [2.05, 4.69) is 0 Å². The van der Waals surface area contributed by atoms with E-state index in [9.17, 15) is 26.3 Å². The van der Waals surface area contributed by atoms with Crippen LogP contribution in [-0.2, 0) is 0 Å². The maximum absolute atomic E-state index is 11.9. The molecule has 0 N–H and O–H groups in total. The summed E-state index contributed by atoms with van der Waals surface area (Å²) in [6, 6.07) is 0. The first-order valence-corrected chi connectivity index (χ1v) is 3.80. The highest BCUT2D eigenvalue weighted by atomic mass is 19.4. The zero-order valence-corrected chi connectivity index (χ0v) is 6.97. The number of alkyl halides is 6. The minimum Gasteiger partial charge on any atom is -0.171 e. The second kappa shape index (κ2) is 4.19. The topological polar surface area (TPSA) is 0 Å². The van der Waals surface area contributed by atoms with Crippen LogP contribution in [0.2, 0.25) is 0 Å². The molecule has 13 heavy (non-hydrogen) atoms. The zero-order chi connectivity index (χ0) is 10.7. The summed E-state index contributed by atoms with van der Waals surface area (Å²) < 4.78 is 70.5. The van der Waals surface area contributed by atoms with Crippen LogP contribution < -0.4 is 0 Å². The molecule has 0 nitrogen and oxygen atoms in total. The molecular formula is C7H10F6. The first-order chi connectivity index (χ1) is 5.67. The molecule has 0 spiro atoms. The lowest BCUT2D eigenvalue weighted by Gasteiger charge is -2.18. The highest BCUT2D eigenvalue weighted by molar-refractivity contribution is 4.67. The van der Waals surface area contributed by atoms with Crippen molar-refractivity contribution in [2.75, 3.05) is 0 Å². The molecule has 1 unspecified atom stereocenters. The summed E-state index contributed by atoms with van der Waals surface area (Å²) in [6.07, 6.45) is -11.6. The van der Waals surface area contributed by atoms with Crippen LogP contribution in [0, 0.1) is 5.92 Å². The van der Waals surface area contributed by atoms with Gasteiger partial charge in [0.25, 0.3) is 0 Å². The normalized spacial score (nSPS) is 15.9. The Morgan fingerprint density at radius 1 is 1.00 bits per heavy atom. The highest BCUT2D eigenvalue weighted by Gasteiger charge is 2.40. The maximum atomic E-state index is 11.9. The first-order valence-electron chi connectivity index (χ1n) is 3.80. The predicted octanol–water partition coefficient (Wildman–Crippen LogP) is 3.92. The summed E-state index contributed by atoms with van der Waals surface area (Å²) >= 11 is 0. The molecule has 0 fully saturated rings. The molecule has 0 aliphatic carbocycles. The highest BCUT2D eigenvalue weighted by Crippen LogP contribution is 2.35. The van der Waals surface area contributed by atoms with Crippen LogP contribution in [-0.4, -0.2) is 12.4 Å². The molecule has 0 aromatic rings. The Labute approximate surface area is 71.9 Å². The molecule has 1 atom stereocenters. The lowest BCUT2D eigenvalue weighted by atomic mass is 10.00. The van der Waals surface area contributed by atoms with Crippen molar-refractivity contribution in [3.63, 3.8) is 0 Å². The van der Waals surface area contributed by atoms with E-state index >= 15 is 0 Å². The molecule has 0 aromatic carbocycles. The lowest BCUT2D eigenvalue weighted by Crippen LogP contribution is -2.24. The van der Waals surface area contributed by atoms with Crippen molar-refractivity contribution in [2.45, 2.75) is 38.5 Å². The number of rotatable bonds is 3. The lowest BCUT2D eigenvalue weighted by molar-refractivity contribution is -0.189. The molecule has 0 aliphatic rings. The predicted molar refractivity (Wildman–Crippen MR) is 35.1 cm³/mol. The van der Waals surface area contributed by atoms with Gasteiger partial charge in [0.1, 0.15) is 0 Å². The second-order valence-electron chi connectivity index (χ2n) is 2.80. The minimum absolute atomic E-state index is 0.306. The Morgan fingerprint density at radius 2 is 1.46 bits per heavy atom. The van der Waals surface area contributed by atoms with Crippen molar-refractivity contribution in [3.8, 4) is 0 Å². The summed E-state index contributed by atoms with van der Waals surface area (Å²) in [5, 5.41) is 0. The summed E-state index contributed by atoms with van der Waals surface area (Å²) in [5.41, 5.74) is 0. The van der Waals surface area contributed by atoms with E-state index in [1.54, 1.807) is 0 Å². The fourth-order valence-electron chi connectivity index (χ4n) is 0.937. The van der Waals surface area contributed by atoms with Crippen molar-refractivity contribution in [2.24, 2.45) is 5.92 Å². The average Bonchev–Trinajstić information content (AvgIpc) is 1.82. The van der Waals surface area contributed by atoms with Crippen molar-refractivity contribution in [3.05, 3.63) is 0 Å². The van der Waals surface area contributed by atoms with E-state index in [4.69, 9.17) is 0 Å². The Balaban J connectivity index is 4.02. The summed E-state index contributed by atoms with van der Waals surface area (Å²) in [6.45, 7) is 1.23. The van der Waals surface area contributed by atoms with E-state index in [0.717, 1.165) is 0 Å². The second-order valence-corrected chi connectivity index (χ2v) is 2.80. The van der Waals surface area contributed by atoms with Gasteiger partial charge in [0.05, 0.1) is 5.92 Å². The third kappa shape index (κ3) is 5.76. The molecule has 80 valence electrons. The van der Waals surface area contributed by atoms with Crippen LogP contribution in [0.25, 0.3) is 0 Å². The summed E-state index contributed by atoms with van der Waals surface area (Å²) in [7, 11) is 0. The number of hydrogen-bond acceptors (Lipinski definition) is 0. The molecule has 0 radical (unpaired) electrons. The quantitative estimate of drug-likeness (QED) is 0.616. The molecule has 0 heterocycles. The van der Waals surface area contributed by atoms with E-state index < -0.39 is 31.1 Å². The first kappa shape index (κ1) is 12.6. The average molecular weight is 208 g/mol. The van der Waals surface area contributed by atoms with Gasteiger partial charge in [-0.2, -0.15) is 26.3 Å². The third-order valence-electron chi connectivity index (χ3n) is 1.73. The van der Waals surface area contributed by atoms with Gasteiger partial charge >= 0.3 is 12.4 Å². The molecule has 0 rings (SSSR count). The van der Waals surface area contributed by atoms with E-state index in [1.165, 1.54) is 6.92 Å². The Morgan fingerprint density at radius 3 is 1.69 bits per heavy atom. The van der Waals surface area contributed by atoms with E-state index in [1.807, 2.05) is 0 Å². The van der Waals surface area contributed by atoms with Gasteiger partial charge in [-0.05, 0) is 12.8 Å². The van der Waals surface area contributed by atoms with Gasteiger partial charge in [0, 0.05) is 6.42 Å².